The van der Waals surface area contributed by atoms with Crippen molar-refractivity contribution in [1.29, 1.82) is 0 Å². The summed E-state index contributed by atoms with van der Waals surface area (Å²) in [6.07, 6.45) is -2.72. The molecule has 2 rings (SSSR count). The van der Waals surface area contributed by atoms with Gasteiger partial charge in [0.1, 0.15) is 5.75 Å². The van der Waals surface area contributed by atoms with Gasteiger partial charge < -0.3 is 14.2 Å². The van der Waals surface area contributed by atoms with Crippen LogP contribution in [0.1, 0.15) is 18.3 Å². The number of ether oxygens (including phenoxy) is 3. The summed E-state index contributed by atoms with van der Waals surface area (Å²) in [6, 6.07) is 6.40. The van der Waals surface area contributed by atoms with Crippen molar-refractivity contribution < 1.29 is 40.0 Å². The number of alkyl halides is 3. The molecule has 1 aromatic carbocycles. The summed E-state index contributed by atoms with van der Waals surface area (Å²) < 4.78 is 78.2. The van der Waals surface area contributed by atoms with E-state index in [-0.39, 0.29) is 13.0 Å². The SMILES string of the molecule is COc1ccc(C2OCCC(OS(=O)(=O)C(F)(F)F)O2)cc1. The molecule has 10 heteroatoms. The van der Waals surface area contributed by atoms with Crippen LogP contribution in [0.2, 0.25) is 0 Å². The Morgan fingerprint density at radius 2 is 1.86 bits per heavy atom. The monoisotopic (exact) mass is 342 g/mol. The average Bonchev–Trinajstić information content (AvgIpc) is 2.46. The Kier molecular flexibility index (Phi) is 4.95. The van der Waals surface area contributed by atoms with Gasteiger partial charge in [-0.2, -0.15) is 21.6 Å². The first-order valence-corrected chi connectivity index (χ1v) is 7.54. The summed E-state index contributed by atoms with van der Waals surface area (Å²) in [4.78, 5) is 0. The number of hydrogen-bond donors (Lipinski definition) is 0. The average molecular weight is 342 g/mol. The van der Waals surface area contributed by atoms with Gasteiger partial charge in [0.15, 0.2) is 12.6 Å². The summed E-state index contributed by atoms with van der Waals surface area (Å²) in [5.74, 6) is 0.576. The molecule has 1 aliphatic rings. The molecular formula is C12H13F3O6S. The van der Waals surface area contributed by atoms with E-state index in [9.17, 15) is 21.6 Å². The van der Waals surface area contributed by atoms with Crippen molar-refractivity contribution in [3.05, 3.63) is 29.8 Å². The molecule has 1 aromatic rings. The minimum atomic E-state index is -5.71. The summed E-state index contributed by atoms with van der Waals surface area (Å²) in [5, 5.41) is 0. The van der Waals surface area contributed by atoms with Crippen molar-refractivity contribution in [2.24, 2.45) is 0 Å². The maximum atomic E-state index is 12.3. The number of benzene rings is 1. The van der Waals surface area contributed by atoms with E-state index in [4.69, 9.17) is 14.2 Å². The zero-order valence-electron chi connectivity index (χ0n) is 11.4. The summed E-state index contributed by atoms with van der Waals surface area (Å²) in [6.45, 7) is -0.00522. The first-order valence-electron chi connectivity index (χ1n) is 6.13. The highest BCUT2D eigenvalue weighted by Crippen LogP contribution is 2.32. The van der Waals surface area contributed by atoms with Gasteiger partial charge in [0.25, 0.3) is 0 Å². The molecule has 0 N–H and O–H groups in total. The first-order chi connectivity index (χ1) is 10.2. The molecule has 1 saturated heterocycles. The highest BCUT2D eigenvalue weighted by atomic mass is 32.2. The fraction of sp³-hybridized carbons (Fsp3) is 0.500. The van der Waals surface area contributed by atoms with Gasteiger partial charge in [0.05, 0.1) is 13.7 Å². The zero-order valence-corrected chi connectivity index (χ0v) is 12.2. The highest BCUT2D eigenvalue weighted by molar-refractivity contribution is 7.87. The van der Waals surface area contributed by atoms with E-state index in [0.29, 0.717) is 11.3 Å². The Bertz CT molecular complexity index is 598. The number of methoxy groups -OCH3 is 1. The maximum absolute atomic E-state index is 12.3. The van der Waals surface area contributed by atoms with Crippen LogP contribution >= 0.6 is 0 Å². The minimum absolute atomic E-state index is 0.00522. The summed E-state index contributed by atoms with van der Waals surface area (Å²) >= 11 is 0. The van der Waals surface area contributed by atoms with E-state index in [1.807, 2.05) is 0 Å². The van der Waals surface area contributed by atoms with E-state index in [2.05, 4.69) is 4.18 Å². The molecule has 1 fully saturated rings. The Balaban J connectivity index is 2.05. The summed E-state index contributed by atoms with van der Waals surface area (Å²) in [7, 11) is -4.23. The number of hydrogen-bond acceptors (Lipinski definition) is 6. The largest absolute Gasteiger partial charge is 0.523 e. The third kappa shape index (κ3) is 3.88. The molecule has 1 aliphatic heterocycles. The molecular weight excluding hydrogens is 329 g/mol. The lowest BCUT2D eigenvalue weighted by Crippen LogP contribution is -2.35. The smallest absolute Gasteiger partial charge is 0.497 e. The van der Waals surface area contributed by atoms with Gasteiger partial charge in [-0.3, -0.25) is 0 Å². The lowest BCUT2D eigenvalue weighted by atomic mass is 10.2. The van der Waals surface area contributed by atoms with Crippen molar-refractivity contribution in [2.75, 3.05) is 13.7 Å². The van der Waals surface area contributed by atoms with Gasteiger partial charge >= 0.3 is 15.6 Å². The van der Waals surface area contributed by atoms with Crippen molar-refractivity contribution in [1.82, 2.24) is 0 Å². The van der Waals surface area contributed by atoms with Gasteiger partial charge in [0, 0.05) is 12.0 Å². The second kappa shape index (κ2) is 6.41. The van der Waals surface area contributed by atoms with Crippen LogP contribution in [0.5, 0.6) is 5.75 Å². The quantitative estimate of drug-likeness (QED) is 0.618. The molecule has 0 spiro atoms. The zero-order chi connectivity index (χ0) is 16.4. The van der Waals surface area contributed by atoms with Gasteiger partial charge in [-0.05, 0) is 12.1 Å². The maximum Gasteiger partial charge on any atom is 0.523 e. The topological polar surface area (TPSA) is 71.1 Å². The standard InChI is InChI=1S/C12H13F3O6S/c1-18-9-4-2-8(3-5-9)11-19-7-6-10(20-11)21-22(16,17)12(13,14)15/h2-5,10-11H,6-7H2,1H3. The van der Waals surface area contributed by atoms with Crippen LogP contribution in [0.3, 0.4) is 0 Å². The second-order valence-corrected chi connectivity index (χ2v) is 5.89. The molecule has 0 aromatic heterocycles. The van der Waals surface area contributed by atoms with Crippen molar-refractivity contribution in [2.45, 2.75) is 24.5 Å². The van der Waals surface area contributed by atoms with Crippen molar-refractivity contribution in [3.63, 3.8) is 0 Å². The van der Waals surface area contributed by atoms with E-state index in [1.54, 1.807) is 24.3 Å². The molecule has 1 heterocycles. The van der Waals surface area contributed by atoms with Crippen LogP contribution in [0, 0.1) is 0 Å². The van der Waals surface area contributed by atoms with Gasteiger partial charge in [-0.1, -0.05) is 12.1 Å². The van der Waals surface area contributed by atoms with Crippen molar-refractivity contribution in [3.8, 4) is 5.75 Å². The molecule has 6 nitrogen and oxygen atoms in total. The molecule has 0 aliphatic carbocycles. The summed E-state index contributed by atoms with van der Waals surface area (Å²) in [5.41, 5.74) is -5.00. The number of rotatable bonds is 4. The Hall–Kier alpha value is -1.36. The molecule has 124 valence electrons. The van der Waals surface area contributed by atoms with Crippen LogP contribution in [0.4, 0.5) is 13.2 Å². The molecule has 0 saturated carbocycles. The normalized spacial score (nSPS) is 23.3. The van der Waals surface area contributed by atoms with Crippen molar-refractivity contribution >= 4 is 10.1 Å². The Morgan fingerprint density at radius 1 is 1.23 bits per heavy atom. The van der Waals surface area contributed by atoms with Gasteiger partial charge in [0.2, 0.25) is 0 Å². The molecule has 2 unspecified atom stereocenters. The first kappa shape index (κ1) is 17.0. The molecule has 22 heavy (non-hydrogen) atoms. The van der Waals surface area contributed by atoms with Gasteiger partial charge in [-0.25, -0.2) is 4.18 Å². The lowest BCUT2D eigenvalue weighted by Gasteiger charge is -2.29. The van der Waals surface area contributed by atoms with E-state index in [1.165, 1.54) is 7.11 Å². The predicted molar refractivity (Wildman–Crippen MR) is 67.2 cm³/mol. The highest BCUT2D eigenvalue weighted by Gasteiger charge is 2.49. The van der Waals surface area contributed by atoms with Gasteiger partial charge in [-0.15, -0.1) is 0 Å². The van der Waals surface area contributed by atoms with Crippen LogP contribution in [-0.2, 0) is 23.8 Å². The second-order valence-electron chi connectivity index (χ2n) is 4.33. The fourth-order valence-corrected chi connectivity index (χ4v) is 2.25. The van der Waals surface area contributed by atoms with Crippen LogP contribution in [-0.4, -0.2) is 33.9 Å². The fourth-order valence-electron chi connectivity index (χ4n) is 1.72. The predicted octanol–water partition coefficient (Wildman–Crippen LogP) is 2.32. The molecule has 2 atom stereocenters. The number of halogens is 3. The van der Waals surface area contributed by atoms with E-state index in [0.717, 1.165) is 0 Å². The van der Waals surface area contributed by atoms with E-state index < -0.39 is 28.2 Å². The lowest BCUT2D eigenvalue weighted by molar-refractivity contribution is -0.266. The minimum Gasteiger partial charge on any atom is -0.497 e. The van der Waals surface area contributed by atoms with E-state index >= 15 is 0 Å². The molecule has 0 amide bonds. The van der Waals surface area contributed by atoms with Crippen LogP contribution in [0.15, 0.2) is 24.3 Å². The Morgan fingerprint density at radius 3 is 2.41 bits per heavy atom. The third-order valence-electron chi connectivity index (χ3n) is 2.80. The van der Waals surface area contributed by atoms with Crippen LogP contribution in [0.25, 0.3) is 0 Å². The molecule has 0 bridgehead atoms. The molecule has 0 radical (unpaired) electrons. The Labute approximate surface area is 124 Å². The van der Waals surface area contributed by atoms with Crippen LogP contribution < -0.4 is 4.74 Å². The third-order valence-corrected chi connectivity index (χ3v) is 3.84.